The number of amides is 1. The van der Waals surface area contributed by atoms with Crippen molar-refractivity contribution in [3.05, 3.63) is 6.07 Å². The van der Waals surface area contributed by atoms with Gasteiger partial charge in [0.2, 0.25) is 17.7 Å². The summed E-state index contributed by atoms with van der Waals surface area (Å²) in [6.45, 7) is 5.98. The lowest BCUT2D eigenvalue weighted by Crippen LogP contribution is -2.46. The summed E-state index contributed by atoms with van der Waals surface area (Å²) < 4.78 is 5.19. The molecular weight excluding hydrogens is 306 g/mol. The van der Waals surface area contributed by atoms with E-state index in [2.05, 4.69) is 34.0 Å². The fourth-order valence-corrected chi connectivity index (χ4v) is 3.51. The molecule has 2 heterocycles. The van der Waals surface area contributed by atoms with Crippen LogP contribution < -0.4 is 20.7 Å². The SMILES string of the molecule is COc1cc(N2C[C@@H](NC(=O)C3CCC3)[C@H](C(C)C)C2)nc(N)n1. The molecule has 1 aromatic rings. The van der Waals surface area contributed by atoms with E-state index in [0.717, 1.165) is 31.7 Å². The van der Waals surface area contributed by atoms with Gasteiger partial charge in [-0.2, -0.15) is 9.97 Å². The molecule has 3 N–H and O–H groups in total. The van der Waals surface area contributed by atoms with Crippen molar-refractivity contribution in [1.82, 2.24) is 15.3 Å². The van der Waals surface area contributed by atoms with Crippen LogP contribution in [0.25, 0.3) is 0 Å². The highest BCUT2D eigenvalue weighted by Gasteiger charge is 2.38. The number of rotatable bonds is 5. The zero-order valence-corrected chi connectivity index (χ0v) is 14.7. The van der Waals surface area contributed by atoms with E-state index in [9.17, 15) is 4.79 Å². The van der Waals surface area contributed by atoms with Gasteiger partial charge in [-0.15, -0.1) is 0 Å². The van der Waals surface area contributed by atoms with Gasteiger partial charge in [0.05, 0.1) is 13.2 Å². The predicted octanol–water partition coefficient (Wildman–Crippen LogP) is 1.44. The molecule has 2 fully saturated rings. The molecule has 3 rings (SSSR count). The Hall–Kier alpha value is -2.05. The van der Waals surface area contributed by atoms with E-state index in [-0.39, 0.29) is 23.8 Å². The molecule has 1 aliphatic carbocycles. The summed E-state index contributed by atoms with van der Waals surface area (Å²) in [4.78, 5) is 22.9. The molecule has 0 unspecified atom stereocenters. The van der Waals surface area contributed by atoms with E-state index in [0.29, 0.717) is 17.7 Å². The van der Waals surface area contributed by atoms with Crippen molar-refractivity contribution in [2.75, 3.05) is 30.8 Å². The number of hydrogen-bond acceptors (Lipinski definition) is 6. The molecule has 0 bridgehead atoms. The van der Waals surface area contributed by atoms with Crippen LogP contribution in [0.5, 0.6) is 5.88 Å². The van der Waals surface area contributed by atoms with Gasteiger partial charge in [-0.1, -0.05) is 20.3 Å². The number of ether oxygens (including phenoxy) is 1. The van der Waals surface area contributed by atoms with Crippen molar-refractivity contribution in [1.29, 1.82) is 0 Å². The highest BCUT2D eigenvalue weighted by molar-refractivity contribution is 5.79. The van der Waals surface area contributed by atoms with E-state index in [1.165, 1.54) is 6.42 Å². The third-order valence-electron chi connectivity index (χ3n) is 5.26. The second-order valence-electron chi connectivity index (χ2n) is 7.18. The Labute approximate surface area is 143 Å². The maximum Gasteiger partial charge on any atom is 0.225 e. The van der Waals surface area contributed by atoms with Crippen molar-refractivity contribution in [2.24, 2.45) is 17.8 Å². The first-order valence-electron chi connectivity index (χ1n) is 8.71. The Kier molecular flexibility index (Phi) is 4.78. The van der Waals surface area contributed by atoms with Crippen LogP contribution in [-0.4, -0.2) is 42.1 Å². The lowest BCUT2D eigenvalue weighted by molar-refractivity contribution is -0.128. The molecular formula is C17H27N5O2. The minimum absolute atomic E-state index is 0.139. The molecule has 2 atom stereocenters. The third-order valence-corrected chi connectivity index (χ3v) is 5.26. The average Bonchev–Trinajstić information content (AvgIpc) is 2.88. The van der Waals surface area contributed by atoms with Gasteiger partial charge >= 0.3 is 0 Å². The van der Waals surface area contributed by atoms with Crippen LogP contribution >= 0.6 is 0 Å². The molecule has 132 valence electrons. The van der Waals surface area contributed by atoms with Gasteiger partial charge in [-0.3, -0.25) is 4.79 Å². The van der Waals surface area contributed by atoms with Gasteiger partial charge in [0.1, 0.15) is 5.82 Å². The minimum atomic E-state index is 0.139. The Morgan fingerprint density at radius 2 is 2.12 bits per heavy atom. The number of carbonyl (C=O) groups is 1. The van der Waals surface area contributed by atoms with Gasteiger partial charge in [0, 0.05) is 31.0 Å². The Balaban J connectivity index is 1.74. The van der Waals surface area contributed by atoms with Gasteiger partial charge in [0.15, 0.2) is 0 Å². The summed E-state index contributed by atoms with van der Waals surface area (Å²) in [6.07, 6.45) is 3.21. The molecule has 24 heavy (non-hydrogen) atoms. The van der Waals surface area contributed by atoms with Gasteiger partial charge in [0.25, 0.3) is 0 Å². The largest absolute Gasteiger partial charge is 0.481 e. The monoisotopic (exact) mass is 333 g/mol. The molecule has 7 heteroatoms. The Bertz CT molecular complexity index is 603. The standard InChI is InChI=1S/C17H27N5O2/c1-10(2)12-8-22(14-7-15(24-3)21-17(18)20-14)9-13(12)19-16(23)11-5-4-6-11/h7,10-13H,4-6,8-9H2,1-3H3,(H,19,23)(H2,18,20,21)/t12-,13+/m0/s1. The smallest absolute Gasteiger partial charge is 0.225 e. The summed E-state index contributed by atoms with van der Waals surface area (Å²) in [6, 6.07) is 1.93. The number of hydrogen-bond donors (Lipinski definition) is 2. The van der Waals surface area contributed by atoms with Crippen LogP contribution in [-0.2, 0) is 4.79 Å². The number of nitrogens with one attached hydrogen (secondary N) is 1. The summed E-state index contributed by atoms with van der Waals surface area (Å²) in [5.74, 6) is 2.69. The van der Waals surface area contributed by atoms with E-state index >= 15 is 0 Å². The Morgan fingerprint density at radius 1 is 1.38 bits per heavy atom. The normalized spacial score (nSPS) is 24.1. The maximum absolute atomic E-state index is 12.4. The summed E-state index contributed by atoms with van der Waals surface area (Å²) in [5, 5.41) is 3.27. The summed E-state index contributed by atoms with van der Waals surface area (Å²) in [5.41, 5.74) is 5.78. The molecule has 0 radical (unpaired) electrons. The molecule has 0 aromatic carbocycles. The van der Waals surface area contributed by atoms with Crippen molar-refractivity contribution < 1.29 is 9.53 Å². The molecule has 1 aliphatic heterocycles. The molecule has 2 aliphatic rings. The summed E-state index contributed by atoms with van der Waals surface area (Å²) in [7, 11) is 1.56. The third kappa shape index (κ3) is 3.39. The molecule has 1 saturated heterocycles. The highest BCUT2D eigenvalue weighted by atomic mass is 16.5. The van der Waals surface area contributed by atoms with Crippen molar-refractivity contribution in [3.63, 3.8) is 0 Å². The van der Waals surface area contributed by atoms with Crippen molar-refractivity contribution in [2.45, 2.75) is 39.2 Å². The number of methoxy groups -OCH3 is 1. The average molecular weight is 333 g/mol. The summed E-state index contributed by atoms with van der Waals surface area (Å²) >= 11 is 0. The van der Waals surface area contributed by atoms with Crippen LogP contribution in [0.4, 0.5) is 11.8 Å². The van der Waals surface area contributed by atoms with E-state index in [1.807, 2.05) is 0 Å². The number of aromatic nitrogens is 2. The first-order chi connectivity index (χ1) is 11.5. The number of carbonyl (C=O) groups excluding carboxylic acids is 1. The van der Waals surface area contributed by atoms with Crippen LogP contribution in [0.3, 0.4) is 0 Å². The fraction of sp³-hybridized carbons (Fsp3) is 0.706. The van der Waals surface area contributed by atoms with Gasteiger partial charge in [-0.05, 0) is 18.8 Å². The quantitative estimate of drug-likeness (QED) is 0.847. The van der Waals surface area contributed by atoms with Gasteiger partial charge < -0.3 is 20.7 Å². The zero-order valence-electron chi connectivity index (χ0n) is 14.7. The van der Waals surface area contributed by atoms with Crippen molar-refractivity contribution >= 4 is 17.7 Å². The predicted molar refractivity (Wildman–Crippen MR) is 92.8 cm³/mol. The second kappa shape index (κ2) is 6.83. The molecule has 7 nitrogen and oxygen atoms in total. The maximum atomic E-state index is 12.4. The van der Waals surface area contributed by atoms with Gasteiger partial charge in [-0.25, -0.2) is 0 Å². The van der Waals surface area contributed by atoms with Crippen LogP contribution in [0, 0.1) is 17.8 Å². The number of nitrogens with zero attached hydrogens (tertiary/aromatic N) is 3. The molecule has 1 saturated carbocycles. The first kappa shape index (κ1) is 16.8. The number of nitrogens with two attached hydrogens (primary N) is 1. The molecule has 1 amide bonds. The van der Waals surface area contributed by atoms with E-state index in [1.54, 1.807) is 13.2 Å². The topological polar surface area (TPSA) is 93.4 Å². The van der Waals surface area contributed by atoms with E-state index in [4.69, 9.17) is 10.5 Å². The molecule has 0 spiro atoms. The lowest BCUT2D eigenvalue weighted by atomic mass is 9.84. The fourth-order valence-electron chi connectivity index (χ4n) is 3.51. The lowest BCUT2D eigenvalue weighted by Gasteiger charge is -2.28. The zero-order chi connectivity index (χ0) is 17.3. The van der Waals surface area contributed by atoms with Crippen LogP contribution in [0.2, 0.25) is 0 Å². The highest BCUT2D eigenvalue weighted by Crippen LogP contribution is 2.31. The number of anilines is 2. The first-order valence-corrected chi connectivity index (χ1v) is 8.71. The van der Waals surface area contributed by atoms with Crippen LogP contribution in [0.15, 0.2) is 6.07 Å². The number of nitrogen functional groups attached to an aromatic ring is 1. The molecule has 1 aromatic heterocycles. The van der Waals surface area contributed by atoms with Crippen molar-refractivity contribution in [3.8, 4) is 5.88 Å². The van der Waals surface area contributed by atoms with Crippen LogP contribution in [0.1, 0.15) is 33.1 Å². The van der Waals surface area contributed by atoms with E-state index < -0.39 is 0 Å². The second-order valence-corrected chi connectivity index (χ2v) is 7.18. The minimum Gasteiger partial charge on any atom is -0.481 e. The Morgan fingerprint density at radius 3 is 2.71 bits per heavy atom.